The number of carbonyl (C=O) groups excluding carboxylic acids is 1. The Bertz CT molecular complexity index is 649. The molecule has 0 spiro atoms. The maximum atomic E-state index is 13.3. The van der Waals surface area contributed by atoms with Crippen molar-refractivity contribution >= 4 is 25.6 Å². The highest BCUT2D eigenvalue weighted by molar-refractivity contribution is 8.13. The van der Waals surface area contributed by atoms with Crippen LogP contribution in [0, 0.1) is 17.6 Å². The van der Waals surface area contributed by atoms with Gasteiger partial charge in [-0.3, -0.25) is 4.79 Å². The predicted octanol–water partition coefficient (Wildman–Crippen LogP) is 3.06. The molecule has 0 aliphatic rings. The lowest BCUT2D eigenvalue weighted by Crippen LogP contribution is -2.37. The van der Waals surface area contributed by atoms with Gasteiger partial charge >= 0.3 is 0 Å². The molecule has 0 aromatic heterocycles. The summed E-state index contributed by atoms with van der Waals surface area (Å²) in [5.74, 6) is -3.39. The van der Waals surface area contributed by atoms with E-state index in [9.17, 15) is 22.0 Å². The second kappa shape index (κ2) is 6.70. The molecule has 0 aliphatic carbocycles. The van der Waals surface area contributed by atoms with Crippen LogP contribution >= 0.6 is 10.7 Å². The summed E-state index contributed by atoms with van der Waals surface area (Å²) >= 11 is 0. The van der Waals surface area contributed by atoms with E-state index in [-0.39, 0.29) is 12.0 Å². The first-order valence-corrected chi connectivity index (χ1v) is 8.63. The molecule has 0 radical (unpaired) electrons. The molecule has 0 saturated heterocycles. The number of rotatable bonds is 5. The molecule has 4 nitrogen and oxygen atoms in total. The third-order valence-corrected chi connectivity index (χ3v) is 4.75. The smallest absolute Gasteiger partial charge is 0.262 e. The van der Waals surface area contributed by atoms with E-state index in [0.29, 0.717) is 12.1 Å². The fraction of sp³-hybridized carbons (Fsp3) is 0.462. The summed E-state index contributed by atoms with van der Waals surface area (Å²) in [5, 5.41) is 2.55. The van der Waals surface area contributed by atoms with Crippen LogP contribution < -0.4 is 5.32 Å². The number of nitrogens with one attached hydrogen (secondary N) is 1. The van der Waals surface area contributed by atoms with Crippen molar-refractivity contribution in [1.29, 1.82) is 0 Å². The molecule has 1 amide bonds. The van der Waals surface area contributed by atoms with Gasteiger partial charge in [0.05, 0.1) is 10.5 Å². The summed E-state index contributed by atoms with van der Waals surface area (Å²) in [6, 6.07) is 0.672. The molecule has 1 N–H and O–H groups in total. The minimum absolute atomic E-state index is 0.135. The Kier molecular flexibility index (Phi) is 5.69. The number of amides is 1. The van der Waals surface area contributed by atoms with Gasteiger partial charge in [-0.05, 0) is 25.0 Å². The first kappa shape index (κ1) is 17.8. The molecule has 8 heteroatoms. The topological polar surface area (TPSA) is 63.2 Å². The molecule has 118 valence electrons. The second-order valence-electron chi connectivity index (χ2n) is 4.85. The molecule has 1 rings (SSSR count). The van der Waals surface area contributed by atoms with Gasteiger partial charge in [0, 0.05) is 16.7 Å². The Hall–Kier alpha value is -1.21. The van der Waals surface area contributed by atoms with Crippen LogP contribution in [-0.2, 0) is 9.05 Å². The minimum Gasteiger partial charge on any atom is -0.349 e. The van der Waals surface area contributed by atoms with Gasteiger partial charge in [-0.25, -0.2) is 17.2 Å². The van der Waals surface area contributed by atoms with E-state index in [0.717, 1.165) is 6.42 Å². The molecule has 2 atom stereocenters. The van der Waals surface area contributed by atoms with Gasteiger partial charge in [-0.1, -0.05) is 20.3 Å². The van der Waals surface area contributed by atoms with Crippen LogP contribution in [0.5, 0.6) is 0 Å². The van der Waals surface area contributed by atoms with E-state index >= 15 is 0 Å². The van der Waals surface area contributed by atoms with Gasteiger partial charge in [-0.15, -0.1) is 0 Å². The summed E-state index contributed by atoms with van der Waals surface area (Å²) in [6.45, 7) is 5.57. The molecule has 21 heavy (non-hydrogen) atoms. The second-order valence-corrected chi connectivity index (χ2v) is 7.38. The number of benzene rings is 1. The van der Waals surface area contributed by atoms with Gasteiger partial charge in [0.15, 0.2) is 11.6 Å². The summed E-state index contributed by atoms with van der Waals surface area (Å²) in [6.07, 6.45) is 0.792. The molecule has 1 aromatic carbocycles. The van der Waals surface area contributed by atoms with Gasteiger partial charge in [0.1, 0.15) is 0 Å². The van der Waals surface area contributed by atoms with Crippen molar-refractivity contribution in [2.75, 3.05) is 0 Å². The molecule has 1 aromatic rings. The highest BCUT2D eigenvalue weighted by Gasteiger charge is 2.25. The van der Waals surface area contributed by atoms with E-state index in [1.165, 1.54) is 0 Å². The van der Waals surface area contributed by atoms with Crippen molar-refractivity contribution in [1.82, 2.24) is 5.32 Å². The van der Waals surface area contributed by atoms with E-state index in [1.54, 1.807) is 6.92 Å². The molecule has 0 aliphatic heterocycles. The summed E-state index contributed by atoms with van der Waals surface area (Å²) in [4.78, 5) is 11.3. The van der Waals surface area contributed by atoms with E-state index < -0.39 is 37.1 Å². The number of carbonyl (C=O) groups is 1. The van der Waals surface area contributed by atoms with Crippen molar-refractivity contribution in [3.63, 3.8) is 0 Å². The molecule has 0 heterocycles. The van der Waals surface area contributed by atoms with Gasteiger partial charge in [0.2, 0.25) is 0 Å². The predicted molar refractivity (Wildman–Crippen MR) is 75.8 cm³/mol. The Morgan fingerprint density at radius 2 is 1.81 bits per heavy atom. The van der Waals surface area contributed by atoms with Crippen molar-refractivity contribution in [2.45, 2.75) is 38.1 Å². The average Bonchev–Trinajstić information content (AvgIpc) is 2.38. The Morgan fingerprint density at radius 1 is 1.29 bits per heavy atom. The SMILES string of the molecule is CCC(C)C(C)NC(=O)c1cc(F)c(F)cc1S(=O)(=O)Cl. The fourth-order valence-corrected chi connectivity index (χ4v) is 2.73. The van der Waals surface area contributed by atoms with Crippen molar-refractivity contribution < 1.29 is 22.0 Å². The first-order chi connectivity index (χ1) is 9.57. The van der Waals surface area contributed by atoms with E-state index in [4.69, 9.17) is 10.7 Å². The fourth-order valence-electron chi connectivity index (χ4n) is 1.69. The maximum absolute atomic E-state index is 13.3. The third-order valence-electron chi connectivity index (χ3n) is 3.39. The van der Waals surface area contributed by atoms with Gasteiger partial charge < -0.3 is 5.32 Å². The van der Waals surface area contributed by atoms with E-state index in [1.807, 2.05) is 13.8 Å². The Labute approximate surface area is 126 Å². The maximum Gasteiger partial charge on any atom is 0.262 e. The van der Waals surface area contributed by atoms with Crippen molar-refractivity contribution in [3.8, 4) is 0 Å². The van der Waals surface area contributed by atoms with Crippen LogP contribution in [0.15, 0.2) is 17.0 Å². The number of hydrogen-bond acceptors (Lipinski definition) is 3. The van der Waals surface area contributed by atoms with Crippen LogP contribution in [0.1, 0.15) is 37.6 Å². The zero-order valence-corrected chi connectivity index (χ0v) is 13.4. The normalized spacial score (nSPS) is 14.6. The summed E-state index contributed by atoms with van der Waals surface area (Å²) in [5.41, 5.74) is -0.515. The van der Waals surface area contributed by atoms with Crippen LogP contribution in [-0.4, -0.2) is 20.4 Å². The average molecular weight is 340 g/mol. The third kappa shape index (κ3) is 4.38. The zero-order chi connectivity index (χ0) is 16.4. The zero-order valence-electron chi connectivity index (χ0n) is 11.8. The molecule has 0 fully saturated rings. The van der Waals surface area contributed by atoms with Crippen LogP contribution in [0.4, 0.5) is 8.78 Å². The minimum atomic E-state index is -4.37. The highest BCUT2D eigenvalue weighted by Crippen LogP contribution is 2.23. The van der Waals surface area contributed by atoms with Crippen LogP contribution in [0.25, 0.3) is 0 Å². The lowest BCUT2D eigenvalue weighted by molar-refractivity contribution is 0.0924. The first-order valence-electron chi connectivity index (χ1n) is 6.32. The summed E-state index contributed by atoms with van der Waals surface area (Å²) < 4.78 is 49.2. The molecule has 0 bridgehead atoms. The lowest BCUT2D eigenvalue weighted by Gasteiger charge is -2.20. The quantitative estimate of drug-likeness (QED) is 0.839. The molecular formula is C13H16ClF2NO3S. The lowest BCUT2D eigenvalue weighted by atomic mass is 10.0. The Morgan fingerprint density at radius 3 is 2.29 bits per heavy atom. The van der Waals surface area contributed by atoms with Crippen LogP contribution in [0.3, 0.4) is 0 Å². The number of hydrogen-bond donors (Lipinski definition) is 1. The summed E-state index contributed by atoms with van der Waals surface area (Å²) in [7, 11) is 0.787. The van der Waals surface area contributed by atoms with E-state index in [2.05, 4.69) is 5.32 Å². The monoisotopic (exact) mass is 339 g/mol. The van der Waals surface area contributed by atoms with Crippen LogP contribution in [0.2, 0.25) is 0 Å². The highest BCUT2D eigenvalue weighted by atomic mass is 35.7. The molecule has 0 saturated carbocycles. The van der Waals surface area contributed by atoms with Gasteiger partial charge in [0.25, 0.3) is 15.0 Å². The largest absolute Gasteiger partial charge is 0.349 e. The van der Waals surface area contributed by atoms with Crippen molar-refractivity contribution in [3.05, 3.63) is 29.3 Å². The Balaban J connectivity index is 3.23. The van der Waals surface area contributed by atoms with Gasteiger partial charge in [-0.2, -0.15) is 0 Å². The standard InChI is InChI=1S/C13H16ClF2NO3S/c1-4-7(2)8(3)17-13(18)9-5-10(15)11(16)6-12(9)21(14,19)20/h5-8H,4H2,1-3H3,(H,17,18). The molecular weight excluding hydrogens is 324 g/mol. The molecule has 2 unspecified atom stereocenters. The van der Waals surface area contributed by atoms with Crippen molar-refractivity contribution in [2.24, 2.45) is 5.92 Å². The number of halogens is 3.